The first-order valence-corrected chi connectivity index (χ1v) is 8.01. The lowest BCUT2D eigenvalue weighted by atomic mass is 10.2. The Balaban J connectivity index is 1.79. The van der Waals surface area contributed by atoms with E-state index in [1.54, 1.807) is 22.2 Å². The Morgan fingerprint density at radius 2 is 2.17 bits per heavy atom. The van der Waals surface area contributed by atoms with Gasteiger partial charge >= 0.3 is 6.55 Å². The van der Waals surface area contributed by atoms with E-state index in [2.05, 4.69) is 20.2 Å². The van der Waals surface area contributed by atoms with Gasteiger partial charge in [0.1, 0.15) is 16.9 Å². The molecule has 0 radical (unpaired) electrons. The summed E-state index contributed by atoms with van der Waals surface area (Å²) in [6, 6.07) is 1.49. The van der Waals surface area contributed by atoms with Gasteiger partial charge in [-0.1, -0.05) is 0 Å². The summed E-state index contributed by atoms with van der Waals surface area (Å²) < 4.78 is 28.2. The predicted octanol–water partition coefficient (Wildman–Crippen LogP) is 3.09. The van der Waals surface area contributed by atoms with Crippen LogP contribution in [0.15, 0.2) is 18.6 Å². The number of rotatable bonds is 2. The maximum atomic E-state index is 13.0. The number of hydrogen-bond acceptors (Lipinski definition) is 5. The maximum Gasteiger partial charge on any atom is 0.333 e. The molecular weight excluding hydrogens is 322 g/mol. The van der Waals surface area contributed by atoms with E-state index in [-0.39, 0.29) is 11.5 Å². The fourth-order valence-corrected chi connectivity index (χ4v) is 4.37. The van der Waals surface area contributed by atoms with E-state index in [4.69, 9.17) is 0 Å². The van der Waals surface area contributed by atoms with Crippen LogP contribution in [0.4, 0.5) is 8.78 Å². The van der Waals surface area contributed by atoms with E-state index in [1.165, 1.54) is 22.7 Å². The van der Waals surface area contributed by atoms with E-state index < -0.39 is 6.55 Å². The van der Waals surface area contributed by atoms with E-state index >= 15 is 0 Å². The fraction of sp³-hybridized carbons (Fsp3) is 0.286. The van der Waals surface area contributed by atoms with Crippen LogP contribution in [0.5, 0.6) is 0 Å². The average Bonchev–Trinajstić information content (AvgIpc) is 3.27. The normalized spacial score (nSPS) is 14.4. The number of fused-ring (bicyclic) bond motifs is 5. The lowest BCUT2D eigenvalue weighted by Crippen LogP contribution is -2.03. The van der Waals surface area contributed by atoms with Gasteiger partial charge in [-0.2, -0.15) is 13.9 Å². The summed E-state index contributed by atoms with van der Waals surface area (Å²) in [6.45, 7) is -2.73. The Bertz CT molecular complexity index is 1050. The lowest BCUT2D eigenvalue weighted by Gasteiger charge is -2.01. The van der Waals surface area contributed by atoms with E-state index in [1.807, 2.05) is 0 Å². The molecule has 0 bridgehead atoms. The molecule has 4 aromatic heterocycles. The van der Waals surface area contributed by atoms with Crippen LogP contribution in [0.2, 0.25) is 0 Å². The minimum absolute atomic E-state index is 0.198. The highest BCUT2D eigenvalue weighted by atomic mass is 32.1. The second kappa shape index (κ2) is 4.54. The minimum Gasteiger partial charge on any atom is -0.225 e. The topological polar surface area (TPSA) is 60.9 Å². The van der Waals surface area contributed by atoms with Gasteiger partial charge < -0.3 is 0 Å². The van der Waals surface area contributed by atoms with Gasteiger partial charge in [0.2, 0.25) is 5.82 Å². The zero-order valence-corrected chi connectivity index (χ0v) is 12.6. The predicted molar refractivity (Wildman–Crippen MR) is 80.7 cm³/mol. The molecule has 0 N–H and O–H groups in total. The van der Waals surface area contributed by atoms with Crippen molar-refractivity contribution in [3.63, 3.8) is 0 Å². The molecule has 0 aliphatic heterocycles. The molecule has 0 saturated heterocycles. The van der Waals surface area contributed by atoms with Crippen molar-refractivity contribution >= 4 is 27.2 Å². The molecule has 0 aromatic carbocycles. The number of hydrogen-bond donors (Lipinski definition) is 0. The highest BCUT2D eigenvalue weighted by Gasteiger charge is 2.23. The van der Waals surface area contributed by atoms with Crippen LogP contribution < -0.4 is 0 Å². The minimum atomic E-state index is -2.73. The molecule has 1 aliphatic rings. The van der Waals surface area contributed by atoms with Crippen molar-refractivity contribution in [2.45, 2.75) is 25.8 Å². The molecule has 5 rings (SSSR count). The van der Waals surface area contributed by atoms with Crippen LogP contribution in [-0.2, 0) is 12.8 Å². The van der Waals surface area contributed by atoms with Crippen LogP contribution in [0, 0.1) is 0 Å². The fourth-order valence-electron chi connectivity index (χ4n) is 3.15. The van der Waals surface area contributed by atoms with Crippen molar-refractivity contribution in [2.75, 3.05) is 0 Å². The zero-order valence-electron chi connectivity index (χ0n) is 11.8. The highest BCUT2D eigenvalue weighted by Crippen LogP contribution is 2.38. The second-order valence-corrected chi connectivity index (χ2v) is 6.51. The molecule has 0 atom stereocenters. The molecule has 0 saturated carbocycles. The van der Waals surface area contributed by atoms with Crippen molar-refractivity contribution in [3.05, 3.63) is 29.0 Å². The van der Waals surface area contributed by atoms with Gasteiger partial charge in [0, 0.05) is 11.1 Å². The molecular formula is C14H10F2N6S. The van der Waals surface area contributed by atoms with E-state index in [0.29, 0.717) is 10.3 Å². The largest absolute Gasteiger partial charge is 0.333 e. The SMILES string of the molecule is FC(F)n1nccc1-c1nc2c3c4c(sc3ncn2n1)CCC4. The van der Waals surface area contributed by atoms with Gasteiger partial charge in [0.15, 0.2) is 5.65 Å². The van der Waals surface area contributed by atoms with Gasteiger partial charge in [-0.3, -0.25) is 0 Å². The first-order valence-electron chi connectivity index (χ1n) is 7.20. The molecule has 0 unspecified atom stereocenters. The molecule has 6 nitrogen and oxygen atoms in total. The van der Waals surface area contributed by atoms with Crippen LogP contribution in [0.1, 0.15) is 23.4 Å². The van der Waals surface area contributed by atoms with Crippen molar-refractivity contribution in [3.8, 4) is 11.5 Å². The molecule has 4 heterocycles. The Morgan fingerprint density at radius 1 is 1.26 bits per heavy atom. The van der Waals surface area contributed by atoms with Crippen molar-refractivity contribution < 1.29 is 8.78 Å². The number of nitrogens with zero attached hydrogens (tertiary/aromatic N) is 6. The number of aryl methyl sites for hydroxylation is 2. The first-order chi connectivity index (χ1) is 11.2. The van der Waals surface area contributed by atoms with Crippen molar-refractivity contribution in [1.82, 2.24) is 29.4 Å². The molecule has 116 valence electrons. The van der Waals surface area contributed by atoms with Gasteiger partial charge in [-0.05, 0) is 30.9 Å². The van der Waals surface area contributed by atoms with Gasteiger partial charge in [-0.25, -0.2) is 19.2 Å². The highest BCUT2D eigenvalue weighted by molar-refractivity contribution is 7.19. The molecule has 0 amide bonds. The molecule has 23 heavy (non-hydrogen) atoms. The van der Waals surface area contributed by atoms with Crippen LogP contribution in [0.3, 0.4) is 0 Å². The third-order valence-electron chi connectivity index (χ3n) is 4.13. The standard InChI is InChI=1S/C14H10F2N6S/c15-14(16)22-8(4-5-18-22)11-19-12-10-7-2-1-3-9(7)23-13(10)17-6-21(12)20-11/h4-6,14H,1-3H2. The summed E-state index contributed by atoms with van der Waals surface area (Å²) in [4.78, 5) is 11.2. The summed E-state index contributed by atoms with van der Waals surface area (Å²) in [5, 5.41) is 8.95. The summed E-state index contributed by atoms with van der Waals surface area (Å²) in [7, 11) is 0. The summed E-state index contributed by atoms with van der Waals surface area (Å²) >= 11 is 1.69. The monoisotopic (exact) mass is 332 g/mol. The number of thiophene rings is 1. The first kappa shape index (κ1) is 13.1. The number of alkyl halides is 2. The number of halogens is 2. The van der Waals surface area contributed by atoms with Crippen molar-refractivity contribution in [1.29, 1.82) is 0 Å². The molecule has 0 fully saturated rings. The Morgan fingerprint density at radius 3 is 3.04 bits per heavy atom. The van der Waals surface area contributed by atoms with Crippen LogP contribution >= 0.6 is 11.3 Å². The smallest absolute Gasteiger partial charge is 0.225 e. The van der Waals surface area contributed by atoms with Gasteiger partial charge in [-0.15, -0.1) is 16.4 Å². The average molecular weight is 332 g/mol. The molecule has 0 spiro atoms. The summed E-state index contributed by atoms with van der Waals surface area (Å²) in [5.41, 5.74) is 2.15. The zero-order chi connectivity index (χ0) is 15.6. The van der Waals surface area contributed by atoms with Gasteiger partial charge in [0.05, 0.1) is 5.39 Å². The molecule has 9 heteroatoms. The third kappa shape index (κ3) is 1.76. The quantitative estimate of drug-likeness (QED) is 0.566. The second-order valence-electron chi connectivity index (χ2n) is 5.42. The molecule has 4 aromatic rings. The maximum absolute atomic E-state index is 13.0. The Kier molecular flexibility index (Phi) is 2.58. The van der Waals surface area contributed by atoms with Crippen molar-refractivity contribution in [2.24, 2.45) is 0 Å². The lowest BCUT2D eigenvalue weighted by molar-refractivity contribution is 0.0583. The van der Waals surface area contributed by atoms with Crippen LogP contribution in [0.25, 0.3) is 27.4 Å². The summed E-state index contributed by atoms with van der Waals surface area (Å²) in [6.07, 6.45) is 6.12. The van der Waals surface area contributed by atoms with E-state index in [9.17, 15) is 8.78 Å². The summed E-state index contributed by atoms with van der Waals surface area (Å²) in [5.74, 6) is 0.232. The Hall–Kier alpha value is -2.42. The van der Waals surface area contributed by atoms with E-state index in [0.717, 1.165) is 29.5 Å². The molecule has 1 aliphatic carbocycles. The Labute approximate surface area is 132 Å². The third-order valence-corrected chi connectivity index (χ3v) is 5.33. The van der Waals surface area contributed by atoms with Crippen LogP contribution in [-0.4, -0.2) is 29.4 Å². The van der Waals surface area contributed by atoms with Gasteiger partial charge in [0.25, 0.3) is 0 Å². The number of aromatic nitrogens is 6.